The number of hydrogen-bond acceptors (Lipinski definition) is 4. The van der Waals surface area contributed by atoms with Gasteiger partial charge in [0.15, 0.2) is 11.8 Å². The van der Waals surface area contributed by atoms with Crippen LogP contribution in [0.4, 0.5) is 0 Å². The van der Waals surface area contributed by atoms with E-state index in [0.29, 0.717) is 4.90 Å². The topological polar surface area (TPSA) is 55.7 Å². The lowest BCUT2D eigenvalue weighted by Gasteiger charge is -2.29. The van der Waals surface area contributed by atoms with Crippen molar-refractivity contribution in [3.05, 3.63) is 29.8 Å². The first-order valence-electron chi connectivity index (χ1n) is 6.20. The zero-order valence-corrected chi connectivity index (χ0v) is 12.4. The Labute approximate surface area is 114 Å². The van der Waals surface area contributed by atoms with Gasteiger partial charge in [0.1, 0.15) is 6.10 Å². The molecule has 5 heteroatoms. The first kappa shape index (κ1) is 14.1. The van der Waals surface area contributed by atoms with Crippen molar-refractivity contribution in [3.8, 4) is 0 Å². The highest BCUT2D eigenvalue weighted by Crippen LogP contribution is 2.34. The maximum absolute atomic E-state index is 12.6. The SMILES string of the molecule is Cc1ccc(S(=O)(=O)[C@H]2N=CO[C@@H]2C(C)(C)C)cc1. The van der Waals surface area contributed by atoms with Gasteiger partial charge in [-0.05, 0) is 19.1 Å². The van der Waals surface area contributed by atoms with Gasteiger partial charge in [-0.1, -0.05) is 38.5 Å². The molecule has 2 atom stereocenters. The molecule has 0 aromatic heterocycles. The summed E-state index contributed by atoms with van der Waals surface area (Å²) in [4.78, 5) is 4.31. The van der Waals surface area contributed by atoms with Crippen molar-refractivity contribution in [2.24, 2.45) is 10.4 Å². The summed E-state index contributed by atoms with van der Waals surface area (Å²) in [6.07, 6.45) is 0.797. The average Bonchev–Trinajstić information content (AvgIpc) is 2.78. The monoisotopic (exact) mass is 281 g/mol. The molecule has 4 nitrogen and oxygen atoms in total. The largest absolute Gasteiger partial charge is 0.476 e. The number of aliphatic imine (C=N–C) groups is 1. The lowest BCUT2D eigenvalue weighted by Crippen LogP contribution is -2.39. The van der Waals surface area contributed by atoms with Crippen LogP contribution in [-0.2, 0) is 14.6 Å². The normalized spacial score (nSPS) is 23.4. The lowest BCUT2D eigenvalue weighted by molar-refractivity contribution is 0.0989. The molecule has 0 spiro atoms. The Bertz CT molecular complexity index is 582. The third kappa shape index (κ3) is 2.66. The Morgan fingerprint density at radius 1 is 1.16 bits per heavy atom. The molecule has 1 aromatic rings. The maximum atomic E-state index is 12.6. The molecular formula is C14H19NO3S. The van der Waals surface area contributed by atoms with E-state index in [1.807, 2.05) is 27.7 Å². The fraction of sp³-hybridized carbons (Fsp3) is 0.500. The summed E-state index contributed by atoms with van der Waals surface area (Å²) >= 11 is 0. The number of nitrogens with zero attached hydrogens (tertiary/aromatic N) is 1. The summed E-state index contributed by atoms with van der Waals surface area (Å²) in [5.74, 6) is 0. The first-order valence-corrected chi connectivity index (χ1v) is 7.75. The molecule has 19 heavy (non-hydrogen) atoms. The molecular weight excluding hydrogens is 262 g/mol. The number of rotatable bonds is 2. The van der Waals surface area contributed by atoms with Crippen LogP contribution in [0.3, 0.4) is 0 Å². The minimum absolute atomic E-state index is 0.292. The van der Waals surface area contributed by atoms with Crippen LogP contribution in [0.5, 0.6) is 0 Å². The third-order valence-corrected chi connectivity index (χ3v) is 5.13. The molecule has 1 heterocycles. The summed E-state index contributed by atoms with van der Waals surface area (Å²) < 4.78 is 30.6. The van der Waals surface area contributed by atoms with E-state index in [1.165, 1.54) is 6.40 Å². The van der Waals surface area contributed by atoms with Crippen molar-refractivity contribution in [1.29, 1.82) is 0 Å². The summed E-state index contributed by atoms with van der Waals surface area (Å²) in [6, 6.07) is 6.83. The number of hydrogen-bond donors (Lipinski definition) is 0. The van der Waals surface area contributed by atoms with Crippen molar-refractivity contribution in [3.63, 3.8) is 0 Å². The Kier molecular flexibility index (Phi) is 3.43. The molecule has 0 fully saturated rings. The Hall–Kier alpha value is -1.36. The van der Waals surface area contributed by atoms with Crippen LogP contribution >= 0.6 is 0 Å². The van der Waals surface area contributed by atoms with Crippen molar-refractivity contribution in [2.75, 3.05) is 0 Å². The third-order valence-electron chi connectivity index (χ3n) is 3.20. The van der Waals surface area contributed by atoms with Gasteiger partial charge in [0.25, 0.3) is 0 Å². The molecule has 2 rings (SSSR count). The zero-order valence-electron chi connectivity index (χ0n) is 11.6. The molecule has 0 saturated carbocycles. The van der Waals surface area contributed by atoms with Crippen LogP contribution in [0.15, 0.2) is 34.2 Å². The number of ether oxygens (including phenoxy) is 1. The molecule has 1 aliphatic heterocycles. The average molecular weight is 281 g/mol. The van der Waals surface area contributed by atoms with E-state index in [0.717, 1.165) is 5.56 Å². The van der Waals surface area contributed by atoms with E-state index in [1.54, 1.807) is 24.3 Å². The van der Waals surface area contributed by atoms with Gasteiger partial charge >= 0.3 is 0 Å². The van der Waals surface area contributed by atoms with Gasteiger partial charge in [-0.3, -0.25) is 0 Å². The number of sulfone groups is 1. The van der Waals surface area contributed by atoms with Crippen molar-refractivity contribution in [2.45, 2.75) is 44.1 Å². The van der Waals surface area contributed by atoms with Crippen LogP contribution in [0.2, 0.25) is 0 Å². The zero-order chi connectivity index (χ0) is 14.3. The molecule has 0 amide bonds. The van der Waals surface area contributed by atoms with E-state index < -0.39 is 21.3 Å². The second-order valence-corrected chi connectivity index (χ2v) is 7.97. The van der Waals surface area contributed by atoms with Crippen LogP contribution < -0.4 is 0 Å². The standard InChI is InChI=1S/C14H19NO3S/c1-10-5-7-11(8-6-10)19(16,17)13-12(14(2,3)4)18-9-15-13/h5-9,12-13H,1-4H3/t12-,13+/m0/s1. The van der Waals surface area contributed by atoms with Crippen molar-refractivity contribution >= 4 is 16.2 Å². The van der Waals surface area contributed by atoms with Crippen LogP contribution in [-0.4, -0.2) is 26.3 Å². The summed E-state index contributed by atoms with van der Waals surface area (Å²) in [7, 11) is -3.51. The van der Waals surface area contributed by atoms with Gasteiger partial charge in [0.05, 0.1) is 4.90 Å². The number of benzene rings is 1. The molecule has 1 aromatic carbocycles. The predicted molar refractivity (Wildman–Crippen MR) is 75.0 cm³/mol. The summed E-state index contributed by atoms with van der Waals surface area (Å²) in [5, 5.41) is -0.866. The highest BCUT2D eigenvalue weighted by molar-refractivity contribution is 7.92. The van der Waals surface area contributed by atoms with Crippen LogP contribution in [0.1, 0.15) is 26.3 Å². The highest BCUT2D eigenvalue weighted by Gasteiger charge is 2.44. The lowest BCUT2D eigenvalue weighted by atomic mass is 9.89. The molecule has 0 radical (unpaired) electrons. The summed E-state index contributed by atoms with van der Waals surface area (Å²) in [5.41, 5.74) is 0.733. The molecule has 0 bridgehead atoms. The van der Waals surface area contributed by atoms with Gasteiger partial charge in [-0.2, -0.15) is 0 Å². The van der Waals surface area contributed by atoms with E-state index in [4.69, 9.17) is 4.74 Å². The molecule has 0 saturated heterocycles. The van der Waals surface area contributed by atoms with Crippen LogP contribution in [0, 0.1) is 12.3 Å². The van der Waals surface area contributed by atoms with Gasteiger partial charge in [-0.25, -0.2) is 13.4 Å². The second kappa shape index (κ2) is 4.63. The maximum Gasteiger partial charge on any atom is 0.205 e. The molecule has 104 valence electrons. The number of aryl methyl sites for hydroxylation is 1. The fourth-order valence-electron chi connectivity index (χ4n) is 2.05. The minimum Gasteiger partial charge on any atom is -0.476 e. The minimum atomic E-state index is -3.51. The van der Waals surface area contributed by atoms with Crippen molar-refractivity contribution < 1.29 is 13.2 Å². The molecule has 0 N–H and O–H groups in total. The Morgan fingerprint density at radius 3 is 2.26 bits per heavy atom. The molecule has 0 aliphatic carbocycles. The van der Waals surface area contributed by atoms with Gasteiger partial charge in [-0.15, -0.1) is 0 Å². The molecule has 0 unspecified atom stereocenters. The van der Waals surface area contributed by atoms with Gasteiger partial charge < -0.3 is 4.74 Å². The van der Waals surface area contributed by atoms with E-state index in [-0.39, 0.29) is 5.41 Å². The highest BCUT2D eigenvalue weighted by atomic mass is 32.2. The van der Waals surface area contributed by atoms with E-state index in [9.17, 15) is 8.42 Å². The quantitative estimate of drug-likeness (QED) is 0.837. The van der Waals surface area contributed by atoms with Gasteiger partial charge in [0.2, 0.25) is 9.84 Å². The van der Waals surface area contributed by atoms with E-state index in [2.05, 4.69) is 4.99 Å². The van der Waals surface area contributed by atoms with Crippen molar-refractivity contribution in [1.82, 2.24) is 0 Å². The predicted octanol–water partition coefficient (Wildman–Crippen LogP) is 2.57. The second-order valence-electron chi connectivity index (χ2n) is 5.93. The Balaban J connectivity index is 2.39. The first-order chi connectivity index (χ1) is 8.73. The van der Waals surface area contributed by atoms with E-state index >= 15 is 0 Å². The van der Waals surface area contributed by atoms with Gasteiger partial charge in [0, 0.05) is 5.41 Å². The summed E-state index contributed by atoms with van der Waals surface area (Å²) in [6.45, 7) is 7.77. The Morgan fingerprint density at radius 2 is 1.74 bits per heavy atom. The smallest absolute Gasteiger partial charge is 0.205 e. The van der Waals surface area contributed by atoms with Crippen LogP contribution in [0.25, 0.3) is 0 Å². The molecule has 1 aliphatic rings. The fourth-order valence-corrected chi connectivity index (χ4v) is 3.85.